The molecule has 0 aliphatic heterocycles. The zero-order valence-corrected chi connectivity index (χ0v) is 10.5. The van der Waals surface area contributed by atoms with Crippen LogP contribution in [0.5, 0.6) is 11.5 Å². The summed E-state index contributed by atoms with van der Waals surface area (Å²) < 4.78 is 19.0. The van der Waals surface area contributed by atoms with Crippen molar-refractivity contribution < 1.29 is 14.2 Å². The van der Waals surface area contributed by atoms with E-state index in [2.05, 4.69) is 15.9 Å². The molecule has 1 saturated carbocycles. The van der Waals surface area contributed by atoms with Crippen LogP contribution in [0, 0.1) is 5.82 Å². The predicted molar refractivity (Wildman–Crippen MR) is 62.2 cm³/mol. The third kappa shape index (κ3) is 2.01. The molecule has 5 heteroatoms. The van der Waals surface area contributed by atoms with E-state index in [0.717, 1.165) is 12.8 Å². The van der Waals surface area contributed by atoms with Gasteiger partial charge in [0.2, 0.25) is 5.82 Å². The highest BCUT2D eigenvalue weighted by Gasteiger charge is 2.39. The molecule has 16 heavy (non-hydrogen) atoms. The van der Waals surface area contributed by atoms with Crippen molar-refractivity contribution >= 4 is 15.9 Å². The number of methoxy groups -OCH3 is 1. The Kier molecular flexibility index (Phi) is 2.84. The van der Waals surface area contributed by atoms with E-state index in [1.807, 2.05) is 0 Å². The fraction of sp³-hybridized carbons (Fsp3) is 0.455. The van der Waals surface area contributed by atoms with Crippen LogP contribution in [0.25, 0.3) is 0 Å². The molecule has 1 aliphatic rings. The molecular formula is C11H13BrFNO2. The molecule has 0 atom stereocenters. The number of aromatic hydroxyl groups is 1. The summed E-state index contributed by atoms with van der Waals surface area (Å²) in [4.78, 5) is 0. The molecule has 1 aliphatic carbocycles. The number of hydrogen-bond acceptors (Lipinski definition) is 3. The Morgan fingerprint density at radius 1 is 1.62 bits per heavy atom. The van der Waals surface area contributed by atoms with Gasteiger partial charge in [-0.3, -0.25) is 0 Å². The van der Waals surface area contributed by atoms with Gasteiger partial charge in [-0.1, -0.05) is 0 Å². The molecule has 0 aromatic heterocycles. The van der Waals surface area contributed by atoms with E-state index in [9.17, 15) is 9.50 Å². The molecule has 0 bridgehead atoms. The molecular weight excluding hydrogens is 277 g/mol. The molecule has 0 heterocycles. The molecule has 0 radical (unpaired) electrons. The summed E-state index contributed by atoms with van der Waals surface area (Å²) in [6.07, 6.45) is 2.44. The summed E-state index contributed by atoms with van der Waals surface area (Å²) in [5.41, 5.74) is 6.44. The second-order valence-electron chi connectivity index (χ2n) is 4.25. The first-order valence-electron chi connectivity index (χ1n) is 4.99. The minimum atomic E-state index is -0.740. The highest BCUT2D eigenvalue weighted by atomic mass is 79.9. The van der Waals surface area contributed by atoms with Crippen LogP contribution >= 0.6 is 15.9 Å². The summed E-state index contributed by atoms with van der Waals surface area (Å²) in [5, 5.41) is 9.42. The van der Waals surface area contributed by atoms with Crippen LogP contribution in [-0.4, -0.2) is 17.8 Å². The number of ether oxygens (including phenoxy) is 1. The van der Waals surface area contributed by atoms with E-state index in [1.165, 1.54) is 7.11 Å². The maximum atomic E-state index is 13.7. The molecule has 0 amide bonds. The first-order chi connectivity index (χ1) is 7.47. The Labute approximate surface area is 102 Å². The lowest BCUT2D eigenvalue weighted by molar-refractivity contribution is 0.357. The van der Waals surface area contributed by atoms with Gasteiger partial charge in [-0.2, -0.15) is 4.39 Å². The smallest absolute Gasteiger partial charge is 0.208 e. The molecule has 2 rings (SSSR count). The third-order valence-corrected chi connectivity index (χ3v) is 3.47. The van der Waals surface area contributed by atoms with Crippen molar-refractivity contribution in [3.8, 4) is 11.5 Å². The standard InChI is InChI=1S/C11H13BrFNO2/c1-16-10-6(5-11(14)2-3-11)4-7(12)9(15)8(10)13/h4,15H,2-3,5,14H2,1H3. The minimum absolute atomic E-state index is 0.0809. The largest absolute Gasteiger partial charge is 0.504 e. The van der Waals surface area contributed by atoms with Crippen LogP contribution in [0.1, 0.15) is 18.4 Å². The number of halogens is 2. The van der Waals surface area contributed by atoms with Gasteiger partial charge in [-0.25, -0.2) is 0 Å². The van der Waals surface area contributed by atoms with Gasteiger partial charge < -0.3 is 15.6 Å². The lowest BCUT2D eigenvalue weighted by Crippen LogP contribution is -2.24. The van der Waals surface area contributed by atoms with Gasteiger partial charge >= 0.3 is 0 Å². The van der Waals surface area contributed by atoms with E-state index >= 15 is 0 Å². The quantitative estimate of drug-likeness (QED) is 0.898. The summed E-state index contributed by atoms with van der Waals surface area (Å²) >= 11 is 3.10. The van der Waals surface area contributed by atoms with E-state index in [1.54, 1.807) is 6.07 Å². The maximum Gasteiger partial charge on any atom is 0.208 e. The normalized spacial score (nSPS) is 17.2. The van der Waals surface area contributed by atoms with Crippen LogP contribution < -0.4 is 10.5 Å². The van der Waals surface area contributed by atoms with E-state index in [4.69, 9.17) is 10.5 Å². The van der Waals surface area contributed by atoms with Crippen molar-refractivity contribution in [2.45, 2.75) is 24.8 Å². The summed E-state index contributed by atoms with van der Waals surface area (Å²) in [6.45, 7) is 0. The van der Waals surface area contributed by atoms with Gasteiger partial charge in [0.05, 0.1) is 11.6 Å². The highest BCUT2D eigenvalue weighted by Crippen LogP contribution is 2.42. The molecule has 3 nitrogen and oxygen atoms in total. The number of nitrogens with two attached hydrogens (primary N) is 1. The number of rotatable bonds is 3. The van der Waals surface area contributed by atoms with Crippen LogP contribution in [0.15, 0.2) is 10.5 Å². The average Bonchev–Trinajstić information content (AvgIpc) is 2.93. The first kappa shape index (κ1) is 11.7. The topological polar surface area (TPSA) is 55.5 Å². The fourth-order valence-electron chi connectivity index (χ4n) is 1.71. The Morgan fingerprint density at radius 2 is 2.25 bits per heavy atom. The summed E-state index contributed by atoms with van der Waals surface area (Å²) in [5.74, 6) is -1.09. The molecule has 1 aromatic rings. The van der Waals surface area contributed by atoms with Crippen molar-refractivity contribution in [1.29, 1.82) is 0 Å². The molecule has 0 spiro atoms. The summed E-state index contributed by atoms with van der Waals surface area (Å²) in [6, 6.07) is 1.66. The Morgan fingerprint density at radius 3 is 2.75 bits per heavy atom. The van der Waals surface area contributed by atoms with Gasteiger partial charge in [0.1, 0.15) is 0 Å². The third-order valence-electron chi connectivity index (χ3n) is 2.86. The maximum absolute atomic E-state index is 13.7. The molecule has 88 valence electrons. The van der Waals surface area contributed by atoms with Crippen molar-refractivity contribution in [2.75, 3.05) is 7.11 Å². The highest BCUT2D eigenvalue weighted by molar-refractivity contribution is 9.10. The van der Waals surface area contributed by atoms with Crippen LogP contribution in [0.3, 0.4) is 0 Å². The monoisotopic (exact) mass is 289 g/mol. The zero-order valence-electron chi connectivity index (χ0n) is 8.89. The van der Waals surface area contributed by atoms with E-state index < -0.39 is 11.6 Å². The number of phenols is 1. The minimum Gasteiger partial charge on any atom is -0.504 e. The molecule has 0 saturated heterocycles. The second kappa shape index (κ2) is 3.89. The lowest BCUT2D eigenvalue weighted by atomic mass is 10.0. The average molecular weight is 290 g/mol. The van der Waals surface area contributed by atoms with Crippen molar-refractivity contribution in [1.82, 2.24) is 0 Å². The number of phenolic OH excluding ortho intramolecular Hbond substituents is 1. The van der Waals surface area contributed by atoms with Crippen molar-refractivity contribution in [3.63, 3.8) is 0 Å². The summed E-state index contributed by atoms with van der Waals surface area (Å²) in [7, 11) is 1.38. The van der Waals surface area contributed by atoms with Crippen molar-refractivity contribution in [3.05, 3.63) is 21.9 Å². The van der Waals surface area contributed by atoms with Gasteiger partial charge in [0, 0.05) is 11.1 Å². The molecule has 1 aromatic carbocycles. The zero-order chi connectivity index (χ0) is 11.9. The van der Waals surface area contributed by atoms with Gasteiger partial charge in [-0.15, -0.1) is 0 Å². The molecule has 3 N–H and O–H groups in total. The molecule has 0 unspecified atom stereocenters. The van der Waals surface area contributed by atoms with E-state index in [-0.39, 0.29) is 11.3 Å². The number of benzene rings is 1. The van der Waals surface area contributed by atoms with Gasteiger partial charge in [-0.05, 0) is 41.3 Å². The van der Waals surface area contributed by atoms with Crippen LogP contribution in [0.2, 0.25) is 0 Å². The number of hydrogen-bond donors (Lipinski definition) is 2. The Bertz CT molecular complexity index is 432. The van der Waals surface area contributed by atoms with Gasteiger partial charge in [0.25, 0.3) is 0 Å². The fourth-order valence-corrected chi connectivity index (χ4v) is 2.16. The first-order valence-corrected chi connectivity index (χ1v) is 5.79. The van der Waals surface area contributed by atoms with Crippen LogP contribution in [-0.2, 0) is 6.42 Å². The molecule has 1 fully saturated rings. The lowest BCUT2D eigenvalue weighted by Gasteiger charge is -2.14. The SMILES string of the molecule is COc1c(CC2(N)CC2)cc(Br)c(O)c1F. The second-order valence-corrected chi connectivity index (χ2v) is 5.11. The van der Waals surface area contributed by atoms with E-state index in [0.29, 0.717) is 16.5 Å². The van der Waals surface area contributed by atoms with Crippen molar-refractivity contribution in [2.24, 2.45) is 5.73 Å². The predicted octanol–water partition coefficient (Wildman–Crippen LogP) is 2.34. The Hall–Kier alpha value is -0.810. The van der Waals surface area contributed by atoms with Crippen LogP contribution in [0.4, 0.5) is 4.39 Å². The Balaban J connectivity index is 2.43. The van der Waals surface area contributed by atoms with Gasteiger partial charge in [0.15, 0.2) is 11.5 Å².